The fourth-order valence-electron chi connectivity index (χ4n) is 1.92. The quantitative estimate of drug-likeness (QED) is 0.873. The third-order valence-electron chi connectivity index (χ3n) is 2.91. The van der Waals surface area contributed by atoms with Crippen LogP contribution in [0.3, 0.4) is 0 Å². The van der Waals surface area contributed by atoms with Crippen LogP contribution in [0, 0.1) is 0 Å². The minimum Gasteiger partial charge on any atom is -0.395 e. The molecule has 2 aromatic rings. The van der Waals surface area contributed by atoms with E-state index in [4.69, 9.17) is 5.11 Å². The average molecular weight is 259 g/mol. The number of aryl methyl sites for hydroxylation is 1. The third-order valence-corrected chi connectivity index (χ3v) is 2.91. The first-order valence-corrected chi connectivity index (χ1v) is 6.14. The van der Waals surface area contributed by atoms with Gasteiger partial charge in [0.15, 0.2) is 0 Å². The van der Waals surface area contributed by atoms with Crippen LogP contribution in [-0.2, 0) is 13.6 Å². The van der Waals surface area contributed by atoms with Gasteiger partial charge in [-0.2, -0.15) is 5.10 Å². The summed E-state index contributed by atoms with van der Waals surface area (Å²) in [5.74, 6) is -0.127. The van der Waals surface area contributed by atoms with E-state index >= 15 is 0 Å². The van der Waals surface area contributed by atoms with Crippen LogP contribution in [0.2, 0.25) is 0 Å². The van der Waals surface area contributed by atoms with Gasteiger partial charge < -0.3 is 10.0 Å². The minimum atomic E-state index is -0.127. The molecule has 19 heavy (non-hydrogen) atoms. The van der Waals surface area contributed by atoms with Crippen LogP contribution < -0.4 is 0 Å². The highest BCUT2D eigenvalue weighted by Crippen LogP contribution is 2.09. The highest BCUT2D eigenvalue weighted by Gasteiger charge is 2.18. The fourth-order valence-corrected chi connectivity index (χ4v) is 1.92. The maximum atomic E-state index is 12.4. The maximum absolute atomic E-state index is 12.4. The molecule has 2 rings (SSSR count). The molecule has 5 nitrogen and oxygen atoms in total. The zero-order chi connectivity index (χ0) is 13.7. The number of aliphatic hydroxyl groups excluding tert-OH is 1. The van der Waals surface area contributed by atoms with E-state index in [0.29, 0.717) is 18.8 Å². The Morgan fingerprint density at radius 1 is 1.32 bits per heavy atom. The van der Waals surface area contributed by atoms with Gasteiger partial charge in [0.25, 0.3) is 5.91 Å². The van der Waals surface area contributed by atoms with Crippen molar-refractivity contribution in [3.8, 4) is 0 Å². The van der Waals surface area contributed by atoms with Gasteiger partial charge in [0.2, 0.25) is 0 Å². The zero-order valence-electron chi connectivity index (χ0n) is 10.9. The lowest BCUT2D eigenvalue weighted by atomic mass is 10.2. The number of aliphatic hydroxyl groups is 1. The average Bonchev–Trinajstić information content (AvgIpc) is 2.85. The van der Waals surface area contributed by atoms with Gasteiger partial charge in [0.05, 0.1) is 6.61 Å². The molecule has 0 aliphatic carbocycles. The molecule has 1 heterocycles. The summed E-state index contributed by atoms with van der Waals surface area (Å²) >= 11 is 0. The molecule has 1 aromatic heterocycles. The van der Waals surface area contributed by atoms with E-state index in [0.717, 1.165) is 5.56 Å². The van der Waals surface area contributed by atoms with Crippen LogP contribution in [-0.4, -0.2) is 38.8 Å². The summed E-state index contributed by atoms with van der Waals surface area (Å²) in [6.45, 7) is 0.723. The van der Waals surface area contributed by atoms with Crippen molar-refractivity contribution in [3.05, 3.63) is 53.9 Å². The second-order valence-corrected chi connectivity index (χ2v) is 4.28. The van der Waals surface area contributed by atoms with Crippen molar-refractivity contribution >= 4 is 5.91 Å². The van der Waals surface area contributed by atoms with Gasteiger partial charge in [0, 0.05) is 26.3 Å². The molecule has 0 aliphatic heterocycles. The molecule has 5 heteroatoms. The highest BCUT2D eigenvalue weighted by molar-refractivity contribution is 5.92. The molecule has 0 saturated heterocycles. The SMILES string of the molecule is Cn1nccc1C(=O)N(CCO)Cc1ccccc1. The Morgan fingerprint density at radius 3 is 2.63 bits per heavy atom. The van der Waals surface area contributed by atoms with Gasteiger partial charge in [-0.25, -0.2) is 0 Å². The van der Waals surface area contributed by atoms with Gasteiger partial charge in [-0.15, -0.1) is 0 Å². The highest BCUT2D eigenvalue weighted by atomic mass is 16.3. The van der Waals surface area contributed by atoms with Crippen molar-refractivity contribution in [2.45, 2.75) is 6.54 Å². The molecule has 0 bridgehead atoms. The van der Waals surface area contributed by atoms with Gasteiger partial charge in [-0.05, 0) is 11.6 Å². The Labute approximate surface area is 112 Å². The van der Waals surface area contributed by atoms with Crippen molar-refractivity contribution in [1.82, 2.24) is 14.7 Å². The number of carbonyl (C=O) groups excluding carboxylic acids is 1. The fraction of sp³-hybridized carbons (Fsp3) is 0.286. The van der Waals surface area contributed by atoms with Crippen LogP contribution in [0.15, 0.2) is 42.6 Å². The molecule has 0 saturated carbocycles. The molecule has 1 amide bonds. The lowest BCUT2D eigenvalue weighted by Gasteiger charge is -2.21. The topological polar surface area (TPSA) is 58.4 Å². The Morgan fingerprint density at radius 2 is 2.05 bits per heavy atom. The van der Waals surface area contributed by atoms with Gasteiger partial charge in [-0.1, -0.05) is 30.3 Å². The first kappa shape index (κ1) is 13.3. The first-order valence-electron chi connectivity index (χ1n) is 6.14. The van der Waals surface area contributed by atoms with Crippen molar-refractivity contribution < 1.29 is 9.90 Å². The molecule has 1 N–H and O–H groups in total. The van der Waals surface area contributed by atoms with E-state index in [1.807, 2.05) is 30.3 Å². The number of carbonyl (C=O) groups is 1. The molecular formula is C14H17N3O2. The third kappa shape index (κ3) is 3.20. The lowest BCUT2D eigenvalue weighted by Crippen LogP contribution is -2.34. The van der Waals surface area contributed by atoms with E-state index in [1.54, 1.807) is 24.2 Å². The van der Waals surface area contributed by atoms with Crippen LogP contribution in [0.5, 0.6) is 0 Å². The van der Waals surface area contributed by atoms with Crippen molar-refractivity contribution in [3.63, 3.8) is 0 Å². The summed E-state index contributed by atoms with van der Waals surface area (Å²) in [6, 6.07) is 11.4. The molecule has 0 spiro atoms. The summed E-state index contributed by atoms with van der Waals surface area (Å²) in [6.07, 6.45) is 1.59. The second-order valence-electron chi connectivity index (χ2n) is 4.28. The molecular weight excluding hydrogens is 242 g/mol. The zero-order valence-corrected chi connectivity index (χ0v) is 10.9. The minimum absolute atomic E-state index is 0.0591. The predicted molar refractivity (Wildman–Crippen MR) is 71.5 cm³/mol. The van der Waals surface area contributed by atoms with E-state index < -0.39 is 0 Å². The van der Waals surface area contributed by atoms with Crippen molar-refractivity contribution in [1.29, 1.82) is 0 Å². The Hall–Kier alpha value is -2.14. The molecule has 1 aromatic carbocycles. The molecule has 0 fully saturated rings. The number of benzene rings is 1. The molecule has 0 radical (unpaired) electrons. The number of rotatable bonds is 5. The van der Waals surface area contributed by atoms with E-state index in [-0.39, 0.29) is 12.5 Å². The number of amides is 1. The molecule has 0 unspecified atom stereocenters. The Kier molecular flexibility index (Phi) is 4.30. The summed E-state index contributed by atoms with van der Waals surface area (Å²) in [7, 11) is 1.73. The monoisotopic (exact) mass is 259 g/mol. The van der Waals surface area contributed by atoms with Crippen LogP contribution in [0.1, 0.15) is 16.1 Å². The first-order chi connectivity index (χ1) is 9.22. The van der Waals surface area contributed by atoms with Crippen LogP contribution in [0.4, 0.5) is 0 Å². The largest absolute Gasteiger partial charge is 0.395 e. The predicted octanol–water partition coefficient (Wildman–Crippen LogP) is 1.05. The summed E-state index contributed by atoms with van der Waals surface area (Å²) in [5, 5.41) is 13.1. The standard InChI is InChI=1S/C14H17N3O2/c1-16-13(7-8-15-16)14(19)17(9-10-18)11-12-5-3-2-4-6-12/h2-8,18H,9-11H2,1H3. The van der Waals surface area contributed by atoms with Gasteiger partial charge in [0.1, 0.15) is 5.69 Å². The van der Waals surface area contributed by atoms with E-state index in [9.17, 15) is 4.79 Å². The second kappa shape index (κ2) is 6.15. The van der Waals surface area contributed by atoms with Gasteiger partial charge >= 0.3 is 0 Å². The molecule has 100 valence electrons. The Bertz CT molecular complexity index is 537. The van der Waals surface area contributed by atoms with Gasteiger partial charge in [-0.3, -0.25) is 9.48 Å². The number of aromatic nitrogens is 2. The summed E-state index contributed by atoms with van der Waals surface area (Å²) in [4.78, 5) is 14.0. The van der Waals surface area contributed by atoms with Crippen LogP contribution in [0.25, 0.3) is 0 Å². The van der Waals surface area contributed by atoms with Crippen molar-refractivity contribution in [2.24, 2.45) is 7.05 Å². The maximum Gasteiger partial charge on any atom is 0.272 e. The summed E-state index contributed by atoms with van der Waals surface area (Å²) < 4.78 is 1.54. The molecule has 0 aliphatic rings. The summed E-state index contributed by atoms with van der Waals surface area (Å²) in [5.41, 5.74) is 1.55. The Balaban J connectivity index is 2.16. The number of hydrogen-bond donors (Lipinski definition) is 1. The molecule has 0 atom stereocenters. The van der Waals surface area contributed by atoms with Crippen molar-refractivity contribution in [2.75, 3.05) is 13.2 Å². The lowest BCUT2D eigenvalue weighted by molar-refractivity contribution is 0.0696. The number of nitrogens with zero attached hydrogens (tertiary/aromatic N) is 3. The number of hydrogen-bond acceptors (Lipinski definition) is 3. The smallest absolute Gasteiger partial charge is 0.272 e. The normalized spacial score (nSPS) is 10.4. The van der Waals surface area contributed by atoms with E-state index in [2.05, 4.69) is 5.10 Å². The van der Waals surface area contributed by atoms with E-state index in [1.165, 1.54) is 4.68 Å². The van der Waals surface area contributed by atoms with Crippen LogP contribution >= 0.6 is 0 Å².